The van der Waals surface area contributed by atoms with Crippen LogP contribution in [0.3, 0.4) is 0 Å². The number of nitrogens with zero attached hydrogens (tertiary/aromatic N) is 16. The number of hydrogen-bond donors (Lipinski definition) is 0. The van der Waals surface area contributed by atoms with Gasteiger partial charge in [-0.1, -0.05) is 133 Å². The maximum Gasteiger partial charge on any atom is 0.231 e. The highest BCUT2D eigenvalue weighted by Gasteiger charge is 2.40. The SMILES string of the molecule is Cc1ccccc1N1c2nc(-c3ccccc3)c(C)n2N(C)[C@@H]1C.Cc1ccccc1N1c2nc(C)c(-c3ccccc3)n2N(C)[C@@H]1C.Cc1ccccc1N1c2nc(C)c(C)n2N(C)[C@@H]1C.Cc1ccccc1N1c2nc(C)c(C)n2N(C)[C@@H]1C. The van der Waals surface area contributed by atoms with Crippen LogP contribution in [0.25, 0.3) is 22.5 Å². The van der Waals surface area contributed by atoms with Gasteiger partial charge in [0.25, 0.3) is 0 Å². The van der Waals surface area contributed by atoms with Gasteiger partial charge >= 0.3 is 0 Å². The van der Waals surface area contributed by atoms with Crippen molar-refractivity contribution in [3.05, 3.63) is 214 Å². The molecule has 10 aromatic rings. The van der Waals surface area contributed by atoms with Crippen LogP contribution in [0.1, 0.15) is 84.1 Å². The van der Waals surface area contributed by atoms with Crippen molar-refractivity contribution in [2.45, 2.75) is 122 Å². The molecule has 4 aliphatic rings. The third-order valence-electron chi connectivity index (χ3n) is 18.0. The van der Waals surface area contributed by atoms with Gasteiger partial charge in [-0.05, 0) is 143 Å². The molecule has 4 aromatic heterocycles. The standard InChI is InChI=1S/2C20H22N4.2C15H20N4/c1-14-10-8-9-13-18(14)23-16(3)22(4)24-15(2)19(21-20(23)24)17-11-6-5-7-12-17;1-14-10-8-9-13-18(14)23-16(3)22(4)24-19(15(2)21-20(23)24)17-11-6-5-7-12-17;2*1-10-8-6-7-9-14(10)18-13(4)17(5)19-12(3)11(2)16-15(18)19/h2*5-13,16H,1-4H3;2*6-9,13H,1-5H3/t2*16-;2*13-/m0000/s1. The second-order valence-corrected chi connectivity index (χ2v) is 23.3. The predicted molar refractivity (Wildman–Crippen MR) is 356 cm³/mol. The first-order valence-electron chi connectivity index (χ1n) is 30.0. The van der Waals surface area contributed by atoms with E-state index in [0.29, 0.717) is 0 Å². The summed E-state index contributed by atoms with van der Waals surface area (Å²) in [6.07, 6.45) is 0.958. The van der Waals surface area contributed by atoms with Crippen LogP contribution >= 0.6 is 0 Å². The van der Waals surface area contributed by atoms with Crippen molar-refractivity contribution in [1.29, 1.82) is 0 Å². The molecule has 14 rings (SSSR count). The van der Waals surface area contributed by atoms with Crippen LogP contribution in [0.5, 0.6) is 0 Å². The van der Waals surface area contributed by atoms with Gasteiger partial charge in [0.2, 0.25) is 23.8 Å². The lowest BCUT2D eigenvalue weighted by Gasteiger charge is -2.27. The highest BCUT2D eigenvalue weighted by atomic mass is 15.7. The van der Waals surface area contributed by atoms with Gasteiger partial charge < -0.3 is 0 Å². The molecule has 4 aliphatic heterocycles. The minimum absolute atomic E-state index is 0.205. The van der Waals surface area contributed by atoms with E-state index in [1.54, 1.807) is 0 Å². The highest BCUT2D eigenvalue weighted by molar-refractivity contribution is 5.75. The third-order valence-corrected chi connectivity index (χ3v) is 18.0. The molecule has 0 bridgehead atoms. The minimum Gasteiger partial charge on any atom is -0.290 e. The van der Waals surface area contributed by atoms with Crippen LogP contribution in [0.15, 0.2) is 158 Å². The first-order valence-corrected chi connectivity index (χ1v) is 30.0. The Hall–Kier alpha value is -9.44. The fourth-order valence-electron chi connectivity index (χ4n) is 12.6. The number of aryl methyl sites for hydroxylation is 7. The molecule has 0 amide bonds. The average Bonchev–Trinajstić information content (AvgIpc) is 1.77. The Balaban J connectivity index is 0.000000120. The lowest BCUT2D eigenvalue weighted by Crippen LogP contribution is -2.40. The van der Waals surface area contributed by atoms with Crippen molar-refractivity contribution in [2.24, 2.45) is 0 Å². The van der Waals surface area contributed by atoms with E-state index in [1.807, 2.05) is 12.1 Å². The molecule has 0 unspecified atom stereocenters. The first kappa shape index (κ1) is 58.3. The van der Waals surface area contributed by atoms with Gasteiger partial charge in [0.1, 0.15) is 24.7 Å². The Morgan fingerprint density at radius 2 is 0.547 bits per heavy atom. The summed E-state index contributed by atoms with van der Waals surface area (Å²) < 4.78 is 8.86. The second kappa shape index (κ2) is 23.2. The average molecular weight is 1150 g/mol. The van der Waals surface area contributed by atoms with Crippen molar-refractivity contribution in [3.63, 3.8) is 0 Å². The summed E-state index contributed by atoms with van der Waals surface area (Å²) in [6, 6.07) is 54.8. The van der Waals surface area contributed by atoms with Crippen molar-refractivity contribution in [2.75, 3.05) is 67.8 Å². The smallest absolute Gasteiger partial charge is 0.231 e. The normalized spacial score (nSPS) is 17.2. The largest absolute Gasteiger partial charge is 0.290 e. The number of benzene rings is 6. The molecular formula is C70H84N16. The van der Waals surface area contributed by atoms with Gasteiger partial charge in [0, 0.05) is 62.1 Å². The molecule has 4 atom stereocenters. The van der Waals surface area contributed by atoms with Gasteiger partial charge in [0.05, 0.1) is 45.6 Å². The fraction of sp³-hybridized carbons (Fsp3) is 0.314. The summed E-state index contributed by atoms with van der Waals surface area (Å²) in [6.45, 7) is 30.0. The van der Waals surface area contributed by atoms with Crippen LogP contribution in [0.4, 0.5) is 46.5 Å². The molecule has 0 saturated heterocycles. The van der Waals surface area contributed by atoms with E-state index in [2.05, 4.69) is 329 Å². The van der Waals surface area contributed by atoms with Crippen molar-refractivity contribution in [3.8, 4) is 22.5 Å². The number of aromatic nitrogens is 8. The first-order chi connectivity index (χ1) is 41.2. The van der Waals surface area contributed by atoms with Crippen LogP contribution < -0.4 is 39.6 Å². The molecule has 86 heavy (non-hydrogen) atoms. The summed E-state index contributed by atoms with van der Waals surface area (Å²) in [4.78, 5) is 28.6. The molecule has 0 spiro atoms. The monoisotopic (exact) mass is 1150 g/mol. The number of rotatable bonds is 6. The predicted octanol–water partition coefficient (Wildman–Crippen LogP) is 14.2. The van der Waals surface area contributed by atoms with Crippen molar-refractivity contribution in [1.82, 2.24) is 38.6 Å². The number of hydrogen-bond acceptors (Lipinski definition) is 12. The highest BCUT2D eigenvalue weighted by Crippen LogP contribution is 2.43. The molecule has 444 valence electrons. The number of para-hydroxylation sites is 4. The zero-order valence-electron chi connectivity index (χ0n) is 53.5. The molecule has 0 fully saturated rings. The van der Waals surface area contributed by atoms with Crippen LogP contribution in [0, 0.1) is 69.2 Å². The summed E-state index contributed by atoms with van der Waals surface area (Å²) in [7, 11) is 8.47. The Morgan fingerprint density at radius 1 is 0.279 bits per heavy atom. The molecule has 0 N–H and O–H groups in total. The molecule has 6 aromatic carbocycles. The van der Waals surface area contributed by atoms with Crippen LogP contribution in [-0.2, 0) is 0 Å². The van der Waals surface area contributed by atoms with Gasteiger partial charge in [0.15, 0.2) is 0 Å². The number of imidazole rings is 4. The van der Waals surface area contributed by atoms with E-state index in [-0.39, 0.29) is 24.7 Å². The molecule has 0 saturated carbocycles. The van der Waals surface area contributed by atoms with Gasteiger partial charge in [-0.3, -0.25) is 39.6 Å². The topological polar surface area (TPSA) is 97.2 Å². The maximum absolute atomic E-state index is 5.01. The molecule has 16 heteroatoms. The zero-order valence-corrected chi connectivity index (χ0v) is 53.5. The van der Waals surface area contributed by atoms with Gasteiger partial charge in [-0.2, -0.15) is 0 Å². The summed E-state index contributed by atoms with van der Waals surface area (Å²) in [5.74, 6) is 3.99. The molecule has 16 nitrogen and oxygen atoms in total. The van der Waals surface area contributed by atoms with Gasteiger partial charge in [-0.25, -0.2) is 38.6 Å². The van der Waals surface area contributed by atoms with E-state index in [0.717, 1.165) is 57.8 Å². The number of anilines is 8. The fourth-order valence-corrected chi connectivity index (χ4v) is 12.6. The van der Waals surface area contributed by atoms with E-state index >= 15 is 0 Å². The summed E-state index contributed by atoms with van der Waals surface area (Å²) in [5, 5.41) is 8.97. The summed E-state index contributed by atoms with van der Waals surface area (Å²) >= 11 is 0. The van der Waals surface area contributed by atoms with Crippen LogP contribution in [-0.4, -0.2) is 91.5 Å². The Kier molecular flexibility index (Phi) is 15.7. The second-order valence-electron chi connectivity index (χ2n) is 23.3. The summed E-state index contributed by atoms with van der Waals surface area (Å²) in [5.41, 5.74) is 21.3. The Bertz CT molecular complexity index is 3900. The molecule has 8 heterocycles. The molecule has 0 aliphatic carbocycles. The minimum atomic E-state index is 0.205. The molecule has 0 radical (unpaired) electrons. The lowest BCUT2D eigenvalue weighted by molar-refractivity contribution is 0.610. The van der Waals surface area contributed by atoms with E-state index in [4.69, 9.17) is 19.9 Å². The van der Waals surface area contributed by atoms with Crippen LogP contribution in [0.2, 0.25) is 0 Å². The van der Waals surface area contributed by atoms with E-state index < -0.39 is 0 Å². The van der Waals surface area contributed by atoms with E-state index in [9.17, 15) is 0 Å². The van der Waals surface area contributed by atoms with Gasteiger partial charge in [-0.15, -0.1) is 0 Å². The lowest BCUT2D eigenvalue weighted by atomic mass is 10.1. The Morgan fingerprint density at radius 3 is 0.895 bits per heavy atom. The Labute approximate surface area is 508 Å². The quantitative estimate of drug-likeness (QED) is 0.159. The van der Waals surface area contributed by atoms with Crippen molar-refractivity contribution >= 4 is 46.5 Å². The maximum atomic E-state index is 5.01. The zero-order chi connectivity index (χ0) is 61.2. The third kappa shape index (κ3) is 9.83. The van der Waals surface area contributed by atoms with E-state index in [1.165, 1.54) is 67.6 Å². The number of fused-ring (bicyclic) bond motifs is 4. The van der Waals surface area contributed by atoms with Crippen molar-refractivity contribution < 1.29 is 0 Å². The molecular weight excluding hydrogens is 1060 g/mol.